The Morgan fingerprint density at radius 2 is 2.09 bits per heavy atom. The molecule has 1 amide bonds. The molecule has 126 valence electrons. The monoisotopic (exact) mass is 378 g/mol. The Hall–Kier alpha value is -1.18. The molecule has 0 aliphatic heterocycles. The molecule has 23 heavy (non-hydrogen) atoms. The largest absolute Gasteiger partial charge is 0.480 e. The highest BCUT2D eigenvalue weighted by Crippen LogP contribution is 2.48. The van der Waals surface area contributed by atoms with Crippen LogP contribution in [0.3, 0.4) is 0 Å². The maximum atomic E-state index is 12.0. The van der Waals surface area contributed by atoms with E-state index < -0.39 is 10.7 Å². The van der Waals surface area contributed by atoms with Crippen LogP contribution in [0.1, 0.15) is 26.7 Å². The van der Waals surface area contributed by atoms with Crippen LogP contribution in [0, 0.1) is 0 Å². The van der Waals surface area contributed by atoms with Crippen LogP contribution < -0.4 is 10.1 Å². The lowest BCUT2D eigenvalue weighted by atomic mass is 10.4. The van der Waals surface area contributed by atoms with Gasteiger partial charge in [0.2, 0.25) is 11.8 Å². The third-order valence-electron chi connectivity index (χ3n) is 3.08. The maximum Gasteiger partial charge on any atom is 0.319 e. The number of nitrogens with zero attached hydrogens (tertiary/aromatic N) is 1. The summed E-state index contributed by atoms with van der Waals surface area (Å²) in [6, 6.07) is 1.44. The van der Waals surface area contributed by atoms with Crippen LogP contribution in [0.4, 0.5) is 5.82 Å². The van der Waals surface area contributed by atoms with Crippen molar-refractivity contribution in [1.29, 1.82) is 0 Å². The molecule has 0 radical (unpaired) electrons. The second-order valence-corrected chi connectivity index (χ2v) is 7.58. The number of aromatic nitrogens is 1. The first-order valence-electron chi connectivity index (χ1n) is 6.93. The van der Waals surface area contributed by atoms with Crippen molar-refractivity contribution in [3.8, 4) is 5.88 Å². The second kappa shape index (κ2) is 7.15. The van der Waals surface area contributed by atoms with E-state index in [0.29, 0.717) is 12.8 Å². The van der Waals surface area contributed by atoms with Crippen molar-refractivity contribution in [2.24, 2.45) is 0 Å². The number of rotatable bonds is 7. The number of hydrogen-bond acceptors (Lipinski definition) is 5. The molecule has 2 N–H and O–H groups in total. The molecule has 2 rings (SSSR count). The Morgan fingerprint density at radius 1 is 1.43 bits per heavy atom. The van der Waals surface area contributed by atoms with Crippen molar-refractivity contribution in [2.75, 3.05) is 11.1 Å². The number of amides is 1. The van der Waals surface area contributed by atoms with Crippen LogP contribution in [0.15, 0.2) is 6.07 Å². The molecule has 0 aromatic carbocycles. The summed E-state index contributed by atoms with van der Waals surface area (Å²) < 4.78 is 4.62. The zero-order valence-corrected chi connectivity index (χ0v) is 14.9. The fraction of sp³-hybridized carbons (Fsp3) is 0.500. The van der Waals surface area contributed by atoms with Gasteiger partial charge in [0.1, 0.15) is 9.77 Å². The summed E-state index contributed by atoms with van der Waals surface area (Å²) in [5, 5.41) is 12.1. The average molecular weight is 379 g/mol. The lowest BCUT2D eigenvalue weighted by Gasteiger charge is -2.14. The van der Waals surface area contributed by atoms with Gasteiger partial charge in [-0.25, -0.2) is 0 Å². The zero-order valence-electron chi connectivity index (χ0n) is 12.6. The van der Waals surface area contributed by atoms with Crippen molar-refractivity contribution in [3.63, 3.8) is 0 Å². The van der Waals surface area contributed by atoms with Crippen LogP contribution in [-0.2, 0) is 9.59 Å². The predicted molar refractivity (Wildman–Crippen MR) is 90.7 cm³/mol. The quantitative estimate of drug-likeness (QED) is 0.754. The zero-order chi connectivity index (χ0) is 17.2. The van der Waals surface area contributed by atoms with Crippen LogP contribution >= 0.6 is 35.0 Å². The highest BCUT2D eigenvalue weighted by molar-refractivity contribution is 8.02. The summed E-state index contributed by atoms with van der Waals surface area (Å²) in [5.41, 5.74) is 0. The van der Waals surface area contributed by atoms with E-state index in [9.17, 15) is 9.59 Å². The molecular weight excluding hydrogens is 363 g/mol. The molecule has 9 heteroatoms. The summed E-state index contributed by atoms with van der Waals surface area (Å²) in [7, 11) is 0. The molecule has 6 nitrogen and oxygen atoms in total. The van der Waals surface area contributed by atoms with Crippen molar-refractivity contribution >= 4 is 52.7 Å². The van der Waals surface area contributed by atoms with Crippen LogP contribution in [0.25, 0.3) is 0 Å². The summed E-state index contributed by atoms with van der Waals surface area (Å²) in [6.45, 7) is 3.64. The SMILES string of the molecule is CC(C)Oc1nc(NC(=O)CSC2(C(=O)O)CC2)c(Cl)cc1Cl. The Morgan fingerprint density at radius 3 is 2.61 bits per heavy atom. The first-order valence-corrected chi connectivity index (χ1v) is 8.67. The van der Waals surface area contributed by atoms with Gasteiger partial charge < -0.3 is 15.2 Å². The molecule has 1 aromatic rings. The average Bonchev–Trinajstić information content (AvgIpc) is 3.22. The van der Waals surface area contributed by atoms with Gasteiger partial charge in [0.15, 0.2) is 5.82 Å². The molecule has 0 saturated heterocycles. The highest BCUT2D eigenvalue weighted by Gasteiger charge is 2.51. The van der Waals surface area contributed by atoms with E-state index in [-0.39, 0.29) is 39.5 Å². The van der Waals surface area contributed by atoms with E-state index in [1.54, 1.807) is 0 Å². The molecule has 0 unspecified atom stereocenters. The fourth-order valence-corrected chi connectivity index (χ4v) is 3.19. The van der Waals surface area contributed by atoms with Gasteiger partial charge in [-0.3, -0.25) is 9.59 Å². The third-order valence-corrected chi connectivity index (χ3v) is 5.18. The number of carbonyl (C=O) groups excluding carboxylic acids is 1. The topological polar surface area (TPSA) is 88.5 Å². The number of carboxylic acid groups (broad SMARTS) is 1. The Kier molecular flexibility index (Phi) is 5.65. The summed E-state index contributed by atoms with van der Waals surface area (Å²) in [6.07, 6.45) is 1.02. The molecule has 1 heterocycles. The van der Waals surface area contributed by atoms with Gasteiger partial charge in [-0.1, -0.05) is 23.2 Å². The van der Waals surface area contributed by atoms with Crippen molar-refractivity contribution < 1.29 is 19.4 Å². The van der Waals surface area contributed by atoms with E-state index in [0.717, 1.165) is 11.8 Å². The molecule has 0 bridgehead atoms. The van der Waals surface area contributed by atoms with Gasteiger partial charge in [0, 0.05) is 0 Å². The molecule has 0 atom stereocenters. The van der Waals surface area contributed by atoms with Gasteiger partial charge in [-0.2, -0.15) is 4.98 Å². The van der Waals surface area contributed by atoms with Gasteiger partial charge in [-0.05, 0) is 32.8 Å². The number of carbonyl (C=O) groups is 2. The van der Waals surface area contributed by atoms with Crippen molar-refractivity contribution in [2.45, 2.75) is 37.5 Å². The molecule has 1 aliphatic carbocycles. The van der Waals surface area contributed by atoms with E-state index in [2.05, 4.69) is 10.3 Å². The highest BCUT2D eigenvalue weighted by atomic mass is 35.5. The predicted octanol–water partition coefficient (Wildman–Crippen LogP) is 3.46. The minimum atomic E-state index is -0.884. The van der Waals surface area contributed by atoms with Gasteiger partial charge in [0.05, 0.1) is 16.9 Å². The molecule has 1 aliphatic rings. The molecule has 1 aromatic heterocycles. The summed E-state index contributed by atoms with van der Waals surface area (Å²) in [4.78, 5) is 27.2. The Balaban J connectivity index is 2.01. The molecular formula is C14H16Cl2N2O4S. The van der Waals surface area contributed by atoms with E-state index in [1.807, 2.05) is 13.8 Å². The standard InChI is InChI=1S/C14H16Cl2N2O4S/c1-7(2)22-12-9(16)5-8(15)11(18-12)17-10(19)6-23-14(3-4-14)13(20)21/h5,7H,3-4,6H2,1-2H3,(H,20,21)(H,17,18,19). The lowest BCUT2D eigenvalue weighted by Crippen LogP contribution is -2.23. The normalized spacial score (nSPS) is 15.3. The second-order valence-electron chi connectivity index (χ2n) is 5.41. The summed E-state index contributed by atoms with van der Waals surface area (Å²) in [5.74, 6) is -0.941. The number of pyridine rings is 1. The number of nitrogens with one attached hydrogen (secondary N) is 1. The van der Waals surface area contributed by atoms with E-state index in [4.69, 9.17) is 33.0 Å². The molecule has 1 fully saturated rings. The fourth-order valence-electron chi connectivity index (χ4n) is 1.75. The summed E-state index contributed by atoms with van der Waals surface area (Å²) >= 11 is 13.1. The van der Waals surface area contributed by atoms with Crippen LogP contribution in [0.5, 0.6) is 5.88 Å². The van der Waals surface area contributed by atoms with Crippen LogP contribution in [-0.4, -0.2) is 38.6 Å². The lowest BCUT2D eigenvalue weighted by molar-refractivity contribution is -0.137. The van der Waals surface area contributed by atoms with Gasteiger partial charge in [-0.15, -0.1) is 11.8 Å². The van der Waals surface area contributed by atoms with E-state index in [1.165, 1.54) is 6.07 Å². The number of carboxylic acids is 1. The minimum absolute atomic E-state index is 0.00725. The Bertz CT molecular complexity index is 635. The third kappa shape index (κ3) is 4.65. The number of anilines is 1. The minimum Gasteiger partial charge on any atom is -0.480 e. The first-order chi connectivity index (χ1) is 10.7. The number of thioether (sulfide) groups is 1. The van der Waals surface area contributed by atoms with Crippen molar-refractivity contribution in [3.05, 3.63) is 16.1 Å². The van der Waals surface area contributed by atoms with Gasteiger partial charge in [0.25, 0.3) is 0 Å². The number of hydrogen-bond donors (Lipinski definition) is 2. The Labute approximate surface area is 147 Å². The van der Waals surface area contributed by atoms with E-state index >= 15 is 0 Å². The smallest absolute Gasteiger partial charge is 0.319 e. The first kappa shape index (κ1) is 18.2. The maximum absolute atomic E-state index is 12.0. The van der Waals surface area contributed by atoms with Crippen LogP contribution in [0.2, 0.25) is 10.0 Å². The number of ether oxygens (including phenoxy) is 1. The number of aliphatic carboxylic acids is 1. The number of halogens is 2. The van der Waals surface area contributed by atoms with Crippen molar-refractivity contribution in [1.82, 2.24) is 4.98 Å². The molecule has 0 spiro atoms. The molecule has 1 saturated carbocycles. The van der Waals surface area contributed by atoms with Gasteiger partial charge >= 0.3 is 5.97 Å².